The number of piperazine rings is 1. The number of hydrogen-bond donors (Lipinski definition) is 0. The SMILES string of the molecule is O=C([C@H]1COCC(=O)N1Cc1ccccc1)N1CCN(c2cccc(C(F)(F)F)c2)CC1. The lowest BCUT2D eigenvalue weighted by Crippen LogP contribution is -2.59. The molecule has 2 aromatic carbocycles. The van der Waals surface area contributed by atoms with Gasteiger partial charge in [0.05, 0.1) is 12.2 Å². The number of amides is 2. The molecule has 2 aliphatic heterocycles. The zero-order valence-electron chi connectivity index (χ0n) is 17.4. The maximum absolute atomic E-state index is 13.2. The van der Waals surface area contributed by atoms with Crippen molar-refractivity contribution in [1.82, 2.24) is 9.80 Å². The Hall–Kier alpha value is -3.07. The Kier molecular flexibility index (Phi) is 6.36. The van der Waals surface area contributed by atoms with Crippen molar-refractivity contribution in [1.29, 1.82) is 0 Å². The summed E-state index contributed by atoms with van der Waals surface area (Å²) in [4.78, 5) is 30.7. The predicted octanol–water partition coefficient (Wildman–Crippen LogP) is 2.78. The first-order chi connectivity index (χ1) is 15.3. The van der Waals surface area contributed by atoms with Crippen LogP contribution in [0.15, 0.2) is 54.6 Å². The van der Waals surface area contributed by atoms with Gasteiger partial charge in [-0.15, -0.1) is 0 Å². The zero-order valence-corrected chi connectivity index (χ0v) is 17.4. The van der Waals surface area contributed by atoms with Crippen molar-refractivity contribution in [3.8, 4) is 0 Å². The highest BCUT2D eigenvalue weighted by Crippen LogP contribution is 2.32. The largest absolute Gasteiger partial charge is 0.416 e. The lowest BCUT2D eigenvalue weighted by Gasteiger charge is -2.41. The third kappa shape index (κ3) is 4.88. The number of halogens is 3. The Labute approximate surface area is 184 Å². The van der Waals surface area contributed by atoms with Crippen molar-refractivity contribution in [3.05, 3.63) is 65.7 Å². The van der Waals surface area contributed by atoms with E-state index in [0.29, 0.717) is 38.4 Å². The van der Waals surface area contributed by atoms with Gasteiger partial charge in [0.15, 0.2) is 0 Å². The Balaban J connectivity index is 1.41. The lowest BCUT2D eigenvalue weighted by atomic mass is 10.1. The van der Waals surface area contributed by atoms with Gasteiger partial charge in [0.25, 0.3) is 0 Å². The third-order valence-electron chi connectivity index (χ3n) is 5.81. The first-order valence-corrected chi connectivity index (χ1v) is 10.4. The number of carbonyl (C=O) groups excluding carboxylic acids is 2. The van der Waals surface area contributed by atoms with Crippen LogP contribution in [0.4, 0.5) is 18.9 Å². The molecule has 2 amide bonds. The fourth-order valence-electron chi connectivity index (χ4n) is 4.06. The molecule has 2 aliphatic rings. The fourth-order valence-corrected chi connectivity index (χ4v) is 4.06. The maximum atomic E-state index is 13.2. The summed E-state index contributed by atoms with van der Waals surface area (Å²) < 4.78 is 44.4. The highest BCUT2D eigenvalue weighted by Gasteiger charge is 2.37. The lowest BCUT2D eigenvalue weighted by molar-refractivity contribution is -0.160. The normalized spacial score (nSPS) is 19.9. The first-order valence-electron chi connectivity index (χ1n) is 10.4. The molecule has 0 aliphatic carbocycles. The van der Waals surface area contributed by atoms with Crippen LogP contribution in [-0.2, 0) is 27.0 Å². The van der Waals surface area contributed by atoms with Gasteiger partial charge in [-0.05, 0) is 23.8 Å². The molecule has 4 rings (SSSR count). The highest BCUT2D eigenvalue weighted by molar-refractivity contribution is 5.89. The molecule has 1 atom stereocenters. The van der Waals surface area contributed by atoms with Gasteiger partial charge in [-0.25, -0.2) is 0 Å². The van der Waals surface area contributed by atoms with Crippen LogP contribution >= 0.6 is 0 Å². The maximum Gasteiger partial charge on any atom is 0.416 e. The second-order valence-corrected chi connectivity index (χ2v) is 7.90. The first kappa shape index (κ1) is 22.1. The van der Waals surface area contributed by atoms with Crippen LogP contribution in [-0.4, -0.2) is 67.0 Å². The average Bonchev–Trinajstić information content (AvgIpc) is 2.80. The van der Waals surface area contributed by atoms with Crippen molar-refractivity contribution in [2.75, 3.05) is 44.3 Å². The molecule has 0 unspecified atom stereocenters. The molecule has 6 nitrogen and oxygen atoms in total. The minimum Gasteiger partial charge on any atom is -0.369 e. The van der Waals surface area contributed by atoms with Crippen LogP contribution in [0.2, 0.25) is 0 Å². The molecule has 0 bridgehead atoms. The van der Waals surface area contributed by atoms with E-state index < -0.39 is 17.8 Å². The molecule has 2 aromatic rings. The van der Waals surface area contributed by atoms with Crippen LogP contribution in [0, 0.1) is 0 Å². The van der Waals surface area contributed by atoms with Crippen LogP contribution in [0.25, 0.3) is 0 Å². The number of rotatable bonds is 4. The molecular weight excluding hydrogens is 423 g/mol. The van der Waals surface area contributed by atoms with Gasteiger partial charge in [0.1, 0.15) is 12.6 Å². The van der Waals surface area contributed by atoms with Gasteiger partial charge >= 0.3 is 6.18 Å². The Morgan fingerprint density at radius 2 is 1.72 bits per heavy atom. The molecule has 2 fully saturated rings. The molecule has 170 valence electrons. The number of nitrogens with zero attached hydrogens (tertiary/aromatic N) is 3. The van der Waals surface area contributed by atoms with E-state index in [4.69, 9.17) is 4.74 Å². The summed E-state index contributed by atoms with van der Waals surface area (Å²) in [5.41, 5.74) is 0.714. The number of hydrogen-bond acceptors (Lipinski definition) is 4. The van der Waals surface area contributed by atoms with Crippen LogP contribution < -0.4 is 4.90 Å². The van der Waals surface area contributed by atoms with Crippen molar-refractivity contribution in [3.63, 3.8) is 0 Å². The molecule has 32 heavy (non-hydrogen) atoms. The number of benzene rings is 2. The van der Waals surface area contributed by atoms with Crippen LogP contribution in [0.3, 0.4) is 0 Å². The van der Waals surface area contributed by atoms with E-state index in [-0.39, 0.29) is 25.0 Å². The minimum absolute atomic E-state index is 0.0556. The minimum atomic E-state index is -4.40. The van der Waals surface area contributed by atoms with E-state index in [2.05, 4.69) is 0 Å². The van der Waals surface area contributed by atoms with Gasteiger partial charge in [-0.1, -0.05) is 36.4 Å². The molecule has 2 saturated heterocycles. The van der Waals surface area contributed by atoms with Gasteiger partial charge in [0.2, 0.25) is 11.8 Å². The number of carbonyl (C=O) groups is 2. The zero-order chi connectivity index (χ0) is 22.7. The Bertz CT molecular complexity index is 960. The van der Waals surface area contributed by atoms with Crippen molar-refractivity contribution < 1.29 is 27.5 Å². The van der Waals surface area contributed by atoms with E-state index >= 15 is 0 Å². The van der Waals surface area contributed by atoms with Gasteiger partial charge in [-0.2, -0.15) is 13.2 Å². The van der Waals surface area contributed by atoms with E-state index in [1.165, 1.54) is 6.07 Å². The summed E-state index contributed by atoms with van der Waals surface area (Å²) in [6.45, 7) is 1.94. The summed E-state index contributed by atoms with van der Waals surface area (Å²) in [6, 6.07) is 13.9. The number of anilines is 1. The van der Waals surface area contributed by atoms with Crippen molar-refractivity contribution in [2.45, 2.75) is 18.8 Å². The smallest absolute Gasteiger partial charge is 0.369 e. The summed E-state index contributed by atoms with van der Waals surface area (Å²) >= 11 is 0. The molecule has 2 heterocycles. The summed E-state index contributed by atoms with van der Waals surface area (Å²) in [7, 11) is 0. The summed E-state index contributed by atoms with van der Waals surface area (Å²) in [5.74, 6) is -0.432. The quantitative estimate of drug-likeness (QED) is 0.724. The second kappa shape index (κ2) is 9.20. The molecule has 0 aromatic heterocycles. The molecule has 0 radical (unpaired) electrons. The standard InChI is InChI=1S/C23H24F3N3O3/c24-23(25,26)18-7-4-8-19(13-18)27-9-11-28(12-10-27)22(31)20-15-32-16-21(30)29(20)14-17-5-2-1-3-6-17/h1-8,13,20H,9-12,14-16H2/t20-/m1/s1. The number of ether oxygens (including phenoxy) is 1. The van der Waals surface area contributed by atoms with Crippen LogP contribution in [0.1, 0.15) is 11.1 Å². The number of morpholine rings is 1. The molecule has 0 N–H and O–H groups in total. The topological polar surface area (TPSA) is 53.1 Å². The van der Waals surface area contributed by atoms with Crippen LogP contribution in [0.5, 0.6) is 0 Å². The second-order valence-electron chi connectivity index (χ2n) is 7.90. The van der Waals surface area contributed by atoms with Crippen molar-refractivity contribution >= 4 is 17.5 Å². The average molecular weight is 447 g/mol. The van der Waals surface area contributed by atoms with E-state index in [9.17, 15) is 22.8 Å². The highest BCUT2D eigenvalue weighted by atomic mass is 19.4. The van der Waals surface area contributed by atoms with Gasteiger partial charge in [-0.3, -0.25) is 9.59 Å². The molecule has 0 spiro atoms. The number of alkyl halides is 3. The molecule has 0 saturated carbocycles. The molecular formula is C23H24F3N3O3. The van der Waals surface area contributed by atoms with Gasteiger partial charge in [0, 0.05) is 38.4 Å². The summed E-state index contributed by atoms with van der Waals surface area (Å²) in [5, 5.41) is 0. The van der Waals surface area contributed by atoms with E-state index in [1.807, 2.05) is 35.2 Å². The van der Waals surface area contributed by atoms with Crippen molar-refractivity contribution in [2.24, 2.45) is 0 Å². The van der Waals surface area contributed by atoms with E-state index in [0.717, 1.165) is 17.7 Å². The summed E-state index contributed by atoms with van der Waals surface area (Å²) in [6.07, 6.45) is -4.40. The van der Waals surface area contributed by atoms with E-state index in [1.54, 1.807) is 15.9 Å². The Morgan fingerprint density at radius 3 is 2.41 bits per heavy atom. The Morgan fingerprint density at radius 1 is 1.00 bits per heavy atom. The fraction of sp³-hybridized carbons (Fsp3) is 0.391. The third-order valence-corrected chi connectivity index (χ3v) is 5.81. The predicted molar refractivity (Wildman–Crippen MR) is 112 cm³/mol. The van der Waals surface area contributed by atoms with Gasteiger partial charge < -0.3 is 19.4 Å². The monoisotopic (exact) mass is 447 g/mol. The molecule has 9 heteroatoms.